The van der Waals surface area contributed by atoms with Crippen LogP contribution in [0.15, 0.2) is 12.4 Å². The maximum absolute atomic E-state index is 5.66. The SMILES string of the molecule is CSCCCCCCNc1nccnc1N. The van der Waals surface area contributed by atoms with Gasteiger partial charge in [0.1, 0.15) is 0 Å². The minimum Gasteiger partial charge on any atom is -0.381 e. The quantitative estimate of drug-likeness (QED) is 0.683. The number of rotatable bonds is 8. The van der Waals surface area contributed by atoms with E-state index in [-0.39, 0.29) is 0 Å². The summed E-state index contributed by atoms with van der Waals surface area (Å²) in [6, 6.07) is 0. The molecule has 0 aliphatic carbocycles. The Labute approximate surface area is 101 Å². The second-order valence-corrected chi connectivity index (χ2v) is 4.61. The summed E-state index contributed by atoms with van der Waals surface area (Å²) in [5.74, 6) is 2.45. The van der Waals surface area contributed by atoms with Gasteiger partial charge in [-0.25, -0.2) is 9.97 Å². The molecule has 1 aromatic heterocycles. The number of nitrogens with one attached hydrogen (secondary N) is 1. The molecule has 0 radical (unpaired) electrons. The van der Waals surface area contributed by atoms with Crippen molar-refractivity contribution in [1.82, 2.24) is 9.97 Å². The van der Waals surface area contributed by atoms with Crippen molar-refractivity contribution in [2.24, 2.45) is 0 Å². The molecule has 1 aromatic rings. The number of hydrogen-bond acceptors (Lipinski definition) is 5. The highest BCUT2D eigenvalue weighted by Crippen LogP contribution is 2.10. The molecule has 0 unspecified atom stereocenters. The summed E-state index contributed by atoms with van der Waals surface area (Å²) >= 11 is 1.91. The van der Waals surface area contributed by atoms with Gasteiger partial charge in [0.15, 0.2) is 11.6 Å². The van der Waals surface area contributed by atoms with Crippen LogP contribution in [0.5, 0.6) is 0 Å². The second-order valence-electron chi connectivity index (χ2n) is 3.62. The molecule has 0 saturated heterocycles. The van der Waals surface area contributed by atoms with Crippen molar-refractivity contribution in [2.75, 3.05) is 29.6 Å². The van der Waals surface area contributed by atoms with E-state index in [1.807, 2.05) is 11.8 Å². The molecule has 5 heteroatoms. The predicted octanol–water partition coefficient (Wildman–Crippen LogP) is 2.39. The van der Waals surface area contributed by atoms with Crippen LogP contribution in [-0.2, 0) is 0 Å². The minimum atomic E-state index is 0.477. The Balaban J connectivity index is 2.05. The second kappa shape index (κ2) is 8.21. The highest BCUT2D eigenvalue weighted by Gasteiger charge is 1.98. The van der Waals surface area contributed by atoms with Crippen LogP contribution in [0.1, 0.15) is 25.7 Å². The van der Waals surface area contributed by atoms with Crippen LogP contribution < -0.4 is 11.1 Å². The number of nitrogens with zero attached hydrogens (tertiary/aromatic N) is 2. The zero-order valence-corrected chi connectivity index (χ0v) is 10.6. The Morgan fingerprint density at radius 3 is 2.69 bits per heavy atom. The topological polar surface area (TPSA) is 63.8 Å². The zero-order chi connectivity index (χ0) is 11.6. The van der Waals surface area contributed by atoms with Gasteiger partial charge in [-0.1, -0.05) is 12.8 Å². The third kappa shape index (κ3) is 5.21. The highest BCUT2D eigenvalue weighted by atomic mass is 32.2. The molecule has 0 aliphatic rings. The predicted molar refractivity (Wildman–Crippen MR) is 71.8 cm³/mol. The van der Waals surface area contributed by atoms with Crippen LogP contribution >= 0.6 is 11.8 Å². The lowest BCUT2D eigenvalue weighted by Gasteiger charge is -2.06. The van der Waals surface area contributed by atoms with E-state index in [0.717, 1.165) is 13.0 Å². The lowest BCUT2D eigenvalue weighted by molar-refractivity contribution is 0.688. The lowest BCUT2D eigenvalue weighted by atomic mass is 10.2. The van der Waals surface area contributed by atoms with E-state index in [9.17, 15) is 0 Å². The monoisotopic (exact) mass is 240 g/mol. The van der Waals surface area contributed by atoms with Crippen LogP contribution in [0.25, 0.3) is 0 Å². The maximum atomic E-state index is 5.66. The molecule has 1 heterocycles. The number of aromatic nitrogens is 2. The van der Waals surface area contributed by atoms with E-state index in [0.29, 0.717) is 11.6 Å². The van der Waals surface area contributed by atoms with E-state index in [1.54, 1.807) is 12.4 Å². The largest absolute Gasteiger partial charge is 0.381 e. The molecule has 0 aliphatic heterocycles. The molecule has 16 heavy (non-hydrogen) atoms. The fraction of sp³-hybridized carbons (Fsp3) is 0.636. The van der Waals surface area contributed by atoms with Crippen LogP contribution in [0.2, 0.25) is 0 Å². The number of nitrogens with two attached hydrogens (primary N) is 1. The standard InChI is InChI=1S/C11H20N4S/c1-16-9-5-3-2-4-6-14-11-10(12)13-7-8-15-11/h7-8H,2-6,9H2,1H3,(H2,12,13)(H,14,15). The van der Waals surface area contributed by atoms with Gasteiger partial charge in [0.05, 0.1) is 0 Å². The Hall–Kier alpha value is -0.970. The number of thioether (sulfide) groups is 1. The average molecular weight is 240 g/mol. The van der Waals surface area contributed by atoms with Gasteiger partial charge < -0.3 is 11.1 Å². The first-order chi connectivity index (χ1) is 7.84. The fourth-order valence-corrected chi connectivity index (χ4v) is 1.91. The van der Waals surface area contributed by atoms with Crippen molar-refractivity contribution in [3.8, 4) is 0 Å². The Bertz CT molecular complexity index is 293. The number of unbranched alkanes of at least 4 members (excludes halogenated alkanes) is 3. The summed E-state index contributed by atoms with van der Waals surface area (Å²) in [5, 5.41) is 3.20. The summed E-state index contributed by atoms with van der Waals surface area (Å²) in [7, 11) is 0. The van der Waals surface area contributed by atoms with Crippen LogP contribution in [0.3, 0.4) is 0 Å². The maximum Gasteiger partial charge on any atom is 0.168 e. The Morgan fingerprint density at radius 1 is 1.19 bits per heavy atom. The number of anilines is 2. The number of hydrogen-bond donors (Lipinski definition) is 2. The molecule has 0 bridgehead atoms. The van der Waals surface area contributed by atoms with E-state index in [1.165, 1.54) is 25.0 Å². The first-order valence-corrected chi connectivity index (χ1v) is 7.03. The first-order valence-electron chi connectivity index (χ1n) is 5.64. The first kappa shape index (κ1) is 13.1. The van der Waals surface area contributed by atoms with Crippen molar-refractivity contribution in [2.45, 2.75) is 25.7 Å². The third-order valence-electron chi connectivity index (χ3n) is 2.29. The normalized spacial score (nSPS) is 10.3. The van der Waals surface area contributed by atoms with Gasteiger partial charge in [0, 0.05) is 18.9 Å². The minimum absolute atomic E-state index is 0.477. The van der Waals surface area contributed by atoms with Gasteiger partial charge in [0.25, 0.3) is 0 Å². The van der Waals surface area contributed by atoms with Crippen molar-refractivity contribution >= 4 is 23.4 Å². The van der Waals surface area contributed by atoms with Gasteiger partial charge >= 0.3 is 0 Å². The van der Waals surface area contributed by atoms with Crippen LogP contribution in [-0.4, -0.2) is 28.5 Å². The lowest BCUT2D eigenvalue weighted by Crippen LogP contribution is -2.07. The van der Waals surface area contributed by atoms with E-state index in [2.05, 4.69) is 21.5 Å². The van der Waals surface area contributed by atoms with Crippen molar-refractivity contribution in [3.05, 3.63) is 12.4 Å². The van der Waals surface area contributed by atoms with Gasteiger partial charge in [-0.3, -0.25) is 0 Å². The zero-order valence-electron chi connectivity index (χ0n) is 9.78. The molecule has 0 spiro atoms. The summed E-state index contributed by atoms with van der Waals surface area (Å²) in [4.78, 5) is 8.09. The summed E-state index contributed by atoms with van der Waals surface area (Å²) in [6.45, 7) is 0.919. The third-order valence-corrected chi connectivity index (χ3v) is 2.99. The number of nitrogen functional groups attached to an aromatic ring is 1. The van der Waals surface area contributed by atoms with Gasteiger partial charge in [-0.05, 0) is 24.9 Å². The van der Waals surface area contributed by atoms with Crippen LogP contribution in [0.4, 0.5) is 11.6 Å². The van der Waals surface area contributed by atoms with E-state index >= 15 is 0 Å². The molecule has 90 valence electrons. The van der Waals surface area contributed by atoms with Crippen molar-refractivity contribution in [3.63, 3.8) is 0 Å². The molecule has 0 aromatic carbocycles. The van der Waals surface area contributed by atoms with Gasteiger partial charge in [0.2, 0.25) is 0 Å². The molecule has 0 amide bonds. The summed E-state index contributed by atoms with van der Waals surface area (Å²) in [5.41, 5.74) is 5.66. The Kier molecular flexibility index (Phi) is 6.72. The molecular formula is C11H20N4S. The summed E-state index contributed by atoms with van der Waals surface area (Å²) in [6.07, 6.45) is 10.4. The molecule has 0 fully saturated rings. The molecule has 0 saturated carbocycles. The average Bonchev–Trinajstić information content (AvgIpc) is 2.30. The molecular weight excluding hydrogens is 220 g/mol. The fourth-order valence-electron chi connectivity index (χ4n) is 1.42. The highest BCUT2D eigenvalue weighted by molar-refractivity contribution is 7.98. The van der Waals surface area contributed by atoms with Gasteiger partial charge in [-0.2, -0.15) is 11.8 Å². The van der Waals surface area contributed by atoms with Gasteiger partial charge in [-0.15, -0.1) is 0 Å². The van der Waals surface area contributed by atoms with Crippen LogP contribution in [0, 0.1) is 0 Å². The Morgan fingerprint density at radius 2 is 1.94 bits per heavy atom. The van der Waals surface area contributed by atoms with Crippen molar-refractivity contribution < 1.29 is 0 Å². The molecule has 1 rings (SSSR count). The molecule has 4 nitrogen and oxygen atoms in total. The molecule has 0 atom stereocenters. The van der Waals surface area contributed by atoms with E-state index < -0.39 is 0 Å². The van der Waals surface area contributed by atoms with E-state index in [4.69, 9.17) is 5.73 Å². The smallest absolute Gasteiger partial charge is 0.168 e. The van der Waals surface area contributed by atoms with Crippen molar-refractivity contribution in [1.29, 1.82) is 0 Å². The molecule has 3 N–H and O–H groups in total. The summed E-state index contributed by atoms with van der Waals surface area (Å²) < 4.78 is 0.